The molecular weight excluding hydrogens is 280 g/mol. The van der Waals surface area contributed by atoms with Gasteiger partial charge in [-0.05, 0) is 30.7 Å². The van der Waals surface area contributed by atoms with Crippen LogP contribution < -0.4 is 10.6 Å². The second kappa shape index (κ2) is 6.71. The predicted octanol–water partition coefficient (Wildman–Crippen LogP) is 2.56. The first-order valence-corrected chi connectivity index (χ1v) is 8.99. The van der Waals surface area contributed by atoms with Gasteiger partial charge in [-0.3, -0.25) is 0 Å². The van der Waals surface area contributed by atoms with Crippen LogP contribution in [0.1, 0.15) is 25.5 Å². The molecule has 0 spiro atoms. The second-order valence-electron chi connectivity index (χ2n) is 5.64. The summed E-state index contributed by atoms with van der Waals surface area (Å²) in [5.74, 6) is 3.59. The van der Waals surface area contributed by atoms with Crippen molar-refractivity contribution in [1.29, 1.82) is 0 Å². The van der Waals surface area contributed by atoms with Crippen LogP contribution in [0.3, 0.4) is 0 Å². The van der Waals surface area contributed by atoms with Crippen molar-refractivity contribution >= 4 is 23.2 Å². The van der Waals surface area contributed by atoms with Crippen molar-refractivity contribution in [2.24, 2.45) is 5.73 Å². The molecule has 114 valence electrons. The number of hydrogen-bond donors (Lipinski definition) is 1. The Bertz CT molecular complexity index is 587. The van der Waals surface area contributed by atoms with Gasteiger partial charge in [0.15, 0.2) is 5.82 Å². The van der Waals surface area contributed by atoms with Gasteiger partial charge in [-0.2, -0.15) is 11.8 Å². The summed E-state index contributed by atoms with van der Waals surface area (Å²) in [6.45, 7) is 4.34. The van der Waals surface area contributed by atoms with Gasteiger partial charge in [-0.1, -0.05) is 13.0 Å². The van der Waals surface area contributed by atoms with Crippen LogP contribution in [0, 0.1) is 0 Å². The number of imidazole rings is 1. The molecule has 0 aromatic carbocycles. The van der Waals surface area contributed by atoms with E-state index in [0.29, 0.717) is 0 Å². The Balaban J connectivity index is 2.00. The van der Waals surface area contributed by atoms with E-state index >= 15 is 0 Å². The largest absolute Gasteiger partial charge is 0.354 e. The molecule has 1 unspecified atom stereocenters. The Morgan fingerprint density at radius 1 is 1.33 bits per heavy atom. The molecule has 0 radical (unpaired) electrons. The lowest BCUT2D eigenvalue weighted by Gasteiger charge is -2.22. The van der Waals surface area contributed by atoms with Gasteiger partial charge in [0, 0.05) is 37.5 Å². The topological polar surface area (TPSA) is 46.6 Å². The number of rotatable bonds is 4. The van der Waals surface area contributed by atoms with Crippen LogP contribution in [-0.4, -0.2) is 40.0 Å². The highest BCUT2D eigenvalue weighted by molar-refractivity contribution is 7.99. The molecule has 0 amide bonds. The molecule has 21 heavy (non-hydrogen) atoms. The Hall–Kier alpha value is -1.20. The van der Waals surface area contributed by atoms with E-state index in [-0.39, 0.29) is 6.04 Å². The fourth-order valence-corrected chi connectivity index (χ4v) is 3.71. The highest BCUT2D eigenvalue weighted by Crippen LogP contribution is 2.25. The normalized spacial score (nSPS) is 17.9. The number of anilines is 1. The number of thioether (sulfide) groups is 1. The molecule has 0 aliphatic carbocycles. The molecule has 5 heteroatoms. The van der Waals surface area contributed by atoms with Crippen molar-refractivity contribution in [3.05, 3.63) is 30.1 Å². The summed E-state index contributed by atoms with van der Waals surface area (Å²) in [7, 11) is 0. The lowest BCUT2D eigenvalue weighted by Crippen LogP contribution is -2.29. The van der Waals surface area contributed by atoms with Crippen LogP contribution in [0.2, 0.25) is 0 Å². The van der Waals surface area contributed by atoms with Gasteiger partial charge in [0.25, 0.3) is 0 Å². The van der Waals surface area contributed by atoms with Crippen molar-refractivity contribution in [3.63, 3.8) is 0 Å². The Kier molecular flexibility index (Phi) is 4.70. The zero-order chi connectivity index (χ0) is 14.7. The highest BCUT2D eigenvalue weighted by atomic mass is 32.2. The average molecular weight is 304 g/mol. The minimum Gasteiger partial charge on any atom is -0.354 e. The van der Waals surface area contributed by atoms with E-state index in [0.717, 1.165) is 37.4 Å². The Labute approximate surface area is 130 Å². The maximum Gasteiger partial charge on any atom is 0.151 e. The van der Waals surface area contributed by atoms with Gasteiger partial charge in [-0.25, -0.2) is 4.98 Å². The first-order chi connectivity index (χ1) is 10.3. The number of hydrogen-bond acceptors (Lipinski definition) is 4. The summed E-state index contributed by atoms with van der Waals surface area (Å²) >= 11 is 2.04. The zero-order valence-electron chi connectivity index (χ0n) is 12.7. The van der Waals surface area contributed by atoms with Crippen molar-refractivity contribution in [2.45, 2.75) is 32.2 Å². The summed E-state index contributed by atoms with van der Waals surface area (Å²) in [5.41, 5.74) is 8.52. The highest BCUT2D eigenvalue weighted by Gasteiger charge is 2.20. The molecule has 0 saturated carbocycles. The monoisotopic (exact) mass is 304 g/mol. The fourth-order valence-electron chi connectivity index (χ4n) is 2.83. The van der Waals surface area contributed by atoms with E-state index in [1.165, 1.54) is 23.6 Å². The number of pyridine rings is 1. The van der Waals surface area contributed by atoms with Crippen molar-refractivity contribution < 1.29 is 0 Å². The standard InChI is InChI=1S/C16H24N4S/c1-2-13(17)12-14-16(19-7-5-10-21-11-9-19)18-15-6-3-4-8-20(14)15/h3-4,6,8,13H,2,5,7,9-12,17H2,1H3. The van der Waals surface area contributed by atoms with E-state index in [1.807, 2.05) is 17.8 Å². The number of nitrogens with zero attached hydrogens (tertiary/aromatic N) is 3. The molecule has 0 bridgehead atoms. The molecule has 4 nitrogen and oxygen atoms in total. The lowest BCUT2D eigenvalue weighted by atomic mass is 10.1. The third kappa shape index (κ3) is 3.19. The third-order valence-electron chi connectivity index (χ3n) is 4.11. The van der Waals surface area contributed by atoms with E-state index < -0.39 is 0 Å². The van der Waals surface area contributed by atoms with Crippen LogP contribution in [0.15, 0.2) is 24.4 Å². The summed E-state index contributed by atoms with van der Waals surface area (Å²) in [6.07, 6.45) is 5.23. The van der Waals surface area contributed by atoms with Crippen LogP contribution in [-0.2, 0) is 6.42 Å². The zero-order valence-corrected chi connectivity index (χ0v) is 13.5. The molecule has 3 rings (SSSR count). The molecule has 2 N–H and O–H groups in total. The lowest BCUT2D eigenvalue weighted by molar-refractivity contribution is 0.631. The molecule has 3 heterocycles. The van der Waals surface area contributed by atoms with Crippen molar-refractivity contribution in [2.75, 3.05) is 29.5 Å². The van der Waals surface area contributed by atoms with Gasteiger partial charge in [0.1, 0.15) is 5.65 Å². The molecule has 2 aromatic rings. The quantitative estimate of drug-likeness (QED) is 0.943. The van der Waals surface area contributed by atoms with Gasteiger partial charge >= 0.3 is 0 Å². The average Bonchev–Trinajstić information content (AvgIpc) is 2.70. The summed E-state index contributed by atoms with van der Waals surface area (Å²) in [6, 6.07) is 6.40. The number of aromatic nitrogens is 2. The van der Waals surface area contributed by atoms with E-state index in [2.05, 4.69) is 34.6 Å². The molecule has 1 aliphatic heterocycles. The fraction of sp³-hybridized carbons (Fsp3) is 0.562. The molecule has 1 fully saturated rings. The van der Waals surface area contributed by atoms with Crippen molar-refractivity contribution in [1.82, 2.24) is 9.38 Å². The first kappa shape index (κ1) is 14.7. The molecule has 2 aromatic heterocycles. The summed E-state index contributed by atoms with van der Waals surface area (Å²) in [4.78, 5) is 7.34. The maximum atomic E-state index is 6.22. The summed E-state index contributed by atoms with van der Waals surface area (Å²) in [5, 5.41) is 0. The smallest absolute Gasteiger partial charge is 0.151 e. The molecule has 1 atom stereocenters. The van der Waals surface area contributed by atoms with Crippen LogP contribution in [0.25, 0.3) is 5.65 Å². The predicted molar refractivity (Wildman–Crippen MR) is 91.3 cm³/mol. The van der Waals surface area contributed by atoms with E-state index in [4.69, 9.17) is 10.7 Å². The molecule has 1 saturated heterocycles. The molecular formula is C16H24N4S. The van der Waals surface area contributed by atoms with Crippen LogP contribution in [0.4, 0.5) is 5.82 Å². The number of fused-ring (bicyclic) bond motifs is 1. The van der Waals surface area contributed by atoms with Crippen molar-refractivity contribution in [3.8, 4) is 0 Å². The van der Waals surface area contributed by atoms with E-state index in [9.17, 15) is 0 Å². The van der Waals surface area contributed by atoms with Crippen LogP contribution >= 0.6 is 11.8 Å². The second-order valence-corrected chi connectivity index (χ2v) is 6.86. The van der Waals surface area contributed by atoms with Gasteiger partial charge in [0.2, 0.25) is 0 Å². The van der Waals surface area contributed by atoms with Gasteiger partial charge in [-0.15, -0.1) is 0 Å². The number of nitrogens with two attached hydrogens (primary N) is 1. The SMILES string of the molecule is CCC(N)Cc1c(N2CCCSCC2)nc2ccccn12. The Morgan fingerprint density at radius 3 is 3.10 bits per heavy atom. The Morgan fingerprint density at radius 2 is 2.24 bits per heavy atom. The van der Waals surface area contributed by atoms with Gasteiger partial charge in [0.05, 0.1) is 5.69 Å². The summed E-state index contributed by atoms with van der Waals surface area (Å²) < 4.78 is 2.21. The molecule has 1 aliphatic rings. The minimum absolute atomic E-state index is 0.199. The maximum absolute atomic E-state index is 6.22. The van der Waals surface area contributed by atoms with Gasteiger partial charge < -0.3 is 15.0 Å². The van der Waals surface area contributed by atoms with E-state index in [1.54, 1.807) is 0 Å². The van der Waals surface area contributed by atoms with Crippen LogP contribution in [0.5, 0.6) is 0 Å². The minimum atomic E-state index is 0.199. The first-order valence-electron chi connectivity index (χ1n) is 7.84. The third-order valence-corrected chi connectivity index (χ3v) is 5.16.